The normalized spacial score (nSPS) is 17.7. The van der Waals surface area contributed by atoms with Crippen molar-refractivity contribution in [1.29, 1.82) is 0 Å². The summed E-state index contributed by atoms with van der Waals surface area (Å²) in [6.45, 7) is 0. The molecule has 1 fully saturated rings. The number of aryl methyl sites for hydroxylation is 1. The average Bonchev–Trinajstić information content (AvgIpc) is 2.78. The molecule has 0 unspecified atom stereocenters. The fourth-order valence-corrected chi connectivity index (χ4v) is 2.67. The molecule has 1 aliphatic rings. The van der Waals surface area contributed by atoms with Gasteiger partial charge in [0.05, 0.1) is 6.42 Å². The van der Waals surface area contributed by atoms with Crippen LogP contribution in [0.1, 0.15) is 19.3 Å². The summed E-state index contributed by atoms with van der Waals surface area (Å²) >= 11 is 1.59. The Kier molecular flexibility index (Phi) is 2.68. The van der Waals surface area contributed by atoms with Crippen molar-refractivity contribution in [1.82, 2.24) is 14.8 Å². The zero-order chi connectivity index (χ0) is 10.9. The molecule has 1 aromatic rings. The van der Waals surface area contributed by atoms with Crippen LogP contribution >= 0.6 is 11.8 Å². The fourth-order valence-electron chi connectivity index (χ4n) is 1.49. The van der Waals surface area contributed by atoms with Crippen LogP contribution in [-0.4, -0.2) is 31.6 Å². The molecule has 5 nitrogen and oxygen atoms in total. The highest BCUT2D eigenvalue weighted by molar-refractivity contribution is 7.99. The third-order valence-corrected chi connectivity index (χ3v) is 4.05. The lowest BCUT2D eigenvalue weighted by molar-refractivity contribution is -0.138. The van der Waals surface area contributed by atoms with E-state index in [4.69, 9.17) is 5.11 Å². The Balaban J connectivity index is 1.88. The van der Waals surface area contributed by atoms with Crippen molar-refractivity contribution in [2.24, 2.45) is 12.5 Å². The molecule has 0 spiro atoms. The van der Waals surface area contributed by atoms with Gasteiger partial charge in [0.1, 0.15) is 6.33 Å². The quantitative estimate of drug-likeness (QED) is 0.764. The maximum absolute atomic E-state index is 10.6. The average molecular weight is 227 g/mol. The van der Waals surface area contributed by atoms with E-state index in [0.717, 1.165) is 23.8 Å². The van der Waals surface area contributed by atoms with E-state index in [2.05, 4.69) is 10.2 Å². The van der Waals surface area contributed by atoms with E-state index in [9.17, 15) is 4.79 Å². The monoisotopic (exact) mass is 227 g/mol. The van der Waals surface area contributed by atoms with E-state index in [0.29, 0.717) is 0 Å². The summed E-state index contributed by atoms with van der Waals surface area (Å²) in [7, 11) is 1.89. The molecule has 1 saturated carbocycles. The van der Waals surface area contributed by atoms with Crippen LogP contribution in [0.15, 0.2) is 11.5 Å². The number of thioether (sulfide) groups is 1. The highest BCUT2D eigenvalue weighted by Gasteiger charge is 2.44. The Labute approximate surface area is 91.9 Å². The number of aromatic nitrogens is 3. The fraction of sp³-hybridized carbons (Fsp3) is 0.667. The Bertz CT molecular complexity index is 373. The largest absolute Gasteiger partial charge is 0.481 e. The number of nitrogens with zero attached hydrogens (tertiary/aromatic N) is 3. The van der Waals surface area contributed by atoms with Gasteiger partial charge in [0.2, 0.25) is 0 Å². The van der Waals surface area contributed by atoms with Gasteiger partial charge in [-0.2, -0.15) is 0 Å². The molecule has 0 bridgehead atoms. The molecule has 82 valence electrons. The van der Waals surface area contributed by atoms with Crippen molar-refractivity contribution in [3.8, 4) is 0 Å². The number of carboxylic acid groups (broad SMARTS) is 1. The van der Waals surface area contributed by atoms with E-state index >= 15 is 0 Å². The molecule has 0 amide bonds. The first kappa shape index (κ1) is 10.5. The van der Waals surface area contributed by atoms with Gasteiger partial charge in [-0.3, -0.25) is 4.79 Å². The minimum Gasteiger partial charge on any atom is -0.481 e. The van der Waals surface area contributed by atoms with Gasteiger partial charge in [-0.15, -0.1) is 10.2 Å². The maximum Gasteiger partial charge on any atom is 0.303 e. The Hall–Kier alpha value is -1.04. The number of carbonyl (C=O) groups is 1. The second-order valence-corrected chi connectivity index (χ2v) is 5.03. The molecule has 6 heteroatoms. The summed E-state index contributed by atoms with van der Waals surface area (Å²) in [6, 6.07) is 0. The predicted molar refractivity (Wildman–Crippen MR) is 55.6 cm³/mol. The van der Waals surface area contributed by atoms with Gasteiger partial charge in [-0.1, -0.05) is 11.8 Å². The molecular weight excluding hydrogens is 214 g/mol. The van der Waals surface area contributed by atoms with Gasteiger partial charge in [0.15, 0.2) is 5.16 Å². The lowest BCUT2D eigenvalue weighted by atomic mass is 10.1. The summed E-state index contributed by atoms with van der Waals surface area (Å²) in [5.74, 6) is 0.123. The van der Waals surface area contributed by atoms with E-state index in [-0.39, 0.29) is 11.8 Å². The van der Waals surface area contributed by atoms with Crippen molar-refractivity contribution in [2.45, 2.75) is 24.4 Å². The van der Waals surface area contributed by atoms with Gasteiger partial charge < -0.3 is 9.67 Å². The SMILES string of the molecule is Cn1cnnc1SCC1(CC(=O)O)CC1. The summed E-state index contributed by atoms with van der Waals surface area (Å²) in [5.41, 5.74) is 0.0163. The molecule has 1 N–H and O–H groups in total. The van der Waals surface area contributed by atoms with Crippen molar-refractivity contribution < 1.29 is 9.90 Å². The second kappa shape index (κ2) is 3.84. The summed E-state index contributed by atoms with van der Waals surface area (Å²) in [5, 5.41) is 17.3. The molecule has 2 rings (SSSR count). The topological polar surface area (TPSA) is 68.0 Å². The Morgan fingerprint density at radius 2 is 2.47 bits per heavy atom. The van der Waals surface area contributed by atoms with E-state index in [1.807, 2.05) is 11.6 Å². The molecule has 0 radical (unpaired) electrons. The third-order valence-electron chi connectivity index (χ3n) is 2.66. The second-order valence-electron chi connectivity index (χ2n) is 4.08. The lowest BCUT2D eigenvalue weighted by Gasteiger charge is -2.10. The van der Waals surface area contributed by atoms with Crippen LogP contribution in [-0.2, 0) is 11.8 Å². The zero-order valence-electron chi connectivity index (χ0n) is 8.51. The van der Waals surface area contributed by atoms with Crippen molar-refractivity contribution in [2.75, 3.05) is 5.75 Å². The summed E-state index contributed by atoms with van der Waals surface area (Å²) in [4.78, 5) is 10.6. The van der Waals surface area contributed by atoms with Crippen LogP contribution in [0.5, 0.6) is 0 Å². The predicted octanol–water partition coefficient (Wildman–Crippen LogP) is 1.16. The molecule has 0 aliphatic heterocycles. The van der Waals surface area contributed by atoms with Crippen LogP contribution < -0.4 is 0 Å². The number of hydrogen-bond acceptors (Lipinski definition) is 4. The van der Waals surface area contributed by atoms with Gasteiger partial charge in [-0.25, -0.2) is 0 Å². The molecular formula is C9H13N3O2S. The molecule has 0 saturated heterocycles. The molecule has 15 heavy (non-hydrogen) atoms. The molecule has 1 aromatic heterocycles. The van der Waals surface area contributed by atoms with Crippen molar-refractivity contribution in [3.63, 3.8) is 0 Å². The standard InChI is InChI=1S/C9H13N3O2S/c1-12-6-10-11-8(12)15-5-9(2-3-9)4-7(13)14/h6H,2-5H2,1H3,(H,13,14). The van der Waals surface area contributed by atoms with E-state index in [1.165, 1.54) is 0 Å². The number of aliphatic carboxylic acids is 1. The summed E-state index contributed by atoms with van der Waals surface area (Å²) < 4.78 is 1.85. The minimum atomic E-state index is -0.703. The van der Waals surface area contributed by atoms with Gasteiger partial charge >= 0.3 is 5.97 Å². The minimum absolute atomic E-state index is 0.0163. The van der Waals surface area contributed by atoms with Gasteiger partial charge in [0, 0.05) is 12.8 Å². The first-order chi connectivity index (χ1) is 7.11. The summed E-state index contributed by atoms with van der Waals surface area (Å²) in [6.07, 6.45) is 3.96. The van der Waals surface area contributed by atoms with Crippen LogP contribution in [0, 0.1) is 5.41 Å². The van der Waals surface area contributed by atoms with Crippen LogP contribution in [0.3, 0.4) is 0 Å². The van der Waals surface area contributed by atoms with Crippen molar-refractivity contribution in [3.05, 3.63) is 6.33 Å². The molecule has 0 aromatic carbocycles. The maximum atomic E-state index is 10.6. The number of carboxylic acids is 1. The highest BCUT2D eigenvalue weighted by atomic mass is 32.2. The molecule has 0 atom stereocenters. The molecule has 1 aliphatic carbocycles. The zero-order valence-corrected chi connectivity index (χ0v) is 9.33. The Morgan fingerprint density at radius 1 is 1.73 bits per heavy atom. The lowest BCUT2D eigenvalue weighted by Crippen LogP contribution is -2.11. The van der Waals surface area contributed by atoms with E-state index in [1.54, 1.807) is 18.1 Å². The molecule has 1 heterocycles. The number of rotatable bonds is 5. The van der Waals surface area contributed by atoms with Crippen LogP contribution in [0.2, 0.25) is 0 Å². The Morgan fingerprint density at radius 3 is 2.93 bits per heavy atom. The number of hydrogen-bond donors (Lipinski definition) is 1. The van der Waals surface area contributed by atoms with Crippen LogP contribution in [0.25, 0.3) is 0 Å². The highest BCUT2D eigenvalue weighted by Crippen LogP contribution is 2.51. The smallest absolute Gasteiger partial charge is 0.303 e. The van der Waals surface area contributed by atoms with E-state index < -0.39 is 5.97 Å². The van der Waals surface area contributed by atoms with Gasteiger partial charge in [-0.05, 0) is 18.3 Å². The van der Waals surface area contributed by atoms with Crippen LogP contribution in [0.4, 0.5) is 0 Å². The first-order valence-electron chi connectivity index (χ1n) is 4.80. The van der Waals surface area contributed by atoms with Gasteiger partial charge in [0.25, 0.3) is 0 Å². The third kappa shape index (κ3) is 2.50. The van der Waals surface area contributed by atoms with Crippen molar-refractivity contribution >= 4 is 17.7 Å². The first-order valence-corrected chi connectivity index (χ1v) is 5.78.